The van der Waals surface area contributed by atoms with Crippen molar-refractivity contribution in [1.82, 2.24) is 15.0 Å². The minimum absolute atomic E-state index is 0.286. The first kappa shape index (κ1) is 9.74. The number of aromatic nitrogens is 3. The molecule has 0 aliphatic heterocycles. The van der Waals surface area contributed by atoms with Gasteiger partial charge in [0.25, 0.3) is 0 Å². The molecule has 0 aromatic carbocycles. The van der Waals surface area contributed by atoms with Crippen molar-refractivity contribution in [2.24, 2.45) is 0 Å². The van der Waals surface area contributed by atoms with Crippen LogP contribution in [-0.4, -0.2) is 15.0 Å². The molecule has 2 aromatic heterocycles. The fourth-order valence-corrected chi connectivity index (χ4v) is 1.44. The van der Waals surface area contributed by atoms with E-state index in [2.05, 4.69) is 30.9 Å². The van der Waals surface area contributed by atoms with E-state index in [1.165, 1.54) is 6.20 Å². The first-order chi connectivity index (χ1) is 7.29. The van der Waals surface area contributed by atoms with Gasteiger partial charge in [0.1, 0.15) is 16.4 Å². The van der Waals surface area contributed by atoms with Gasteiger partial charge in [-0.15, -0.1) is 0 Å². The van der Waals surface area contributed by atoms with Crippen molar-refractivity contribution in [3.63, 3.8) is 0 Å². The number of rotatable bonds is 1. The molecule has 0 bridgehead atoms. The van der Waals surface area contributed by atoms with Gasteiger partial charge in [-0.2, -0.15) is 5.26 Å². The van der Waals surface area contributed by atoms with E-state index < -0.39 is 0 Å². The Morgan fingerprint density at radius 3 is 2.73 bits per heavy atom. The topological polar surface area (TPSA) is 62.5 Å². The van der Waals surface area contributed by atoms with E-state index in [0.717, 1.165) is 4.60 Å². The summed E-state index contributed by atoms with van der Waals surface area (Å²) in [7, 11) is 0. The quantitative estimate of drug-likeness (QED) is 0.738. The summed E-state index contributed by atoms with van der Waals surface area (Å²) in [6, 6.07) is 7.43. The second kappa shape index (κ2) is 4.15. The first-order valence-corrected chi connectivity index (χ1v) is 4.94. The number of nitrogens with zero attached hydrogens (tertiary/aromatic N) is 4. The zero-order valence-electron chi connectivity index (χ0n) is 7.55. The molecule has 0 aliphatic carbocycles. The number of hydrogen-bond acceptors (Lipinski definition) is 4. The fourth-order valence-electron chi connectivity index (χ4n) is 1.09. The Balaban J connectivity index is 2.50. The zero-order valence-corrected chi connectivity index (χ0v) is 9.14. The molecule has 0 saturated heterocycles. The molecule has 2 rings (SSSR count). The van der Waals surface area contributed by atoms with Crippen molar-refractivity contribution in [3.8, 4) is 17.5 Å². The fraction of sp³-hybridized carbons (Fsp3) is 0. The third-order valence-corrected chi connectivity index (χ3v) is 2.17. The molecule has 0 radical (unpaired) electrons. The van der Waals surface area contributed by atoms with Crippen molar-refractivity contribution < 1.29 is 0 Å². The van der Waals surface area contributed by atoms with Crippen LogP contribution in [0.4, 0.5) is 0 Å². The Kier molecular flexibility index (Phi) is 2.70. The van der Waals surface area contributed by atoms with Crippen LogP contribution < -0.4 is 0 Å². The lowest BCUT2D eigenvalue weighted by Gasteiger charge is -1.99. The highest BCUT2D eigenvalue weighted by molar-refractivity contribution is 9.10. The lowest BCUT2D eigenvalue weighted by molar-refractivity contribution is 1.14. The Hall–Kier alpha value is -1.80. The molecule has 2 aromatic rings. The van der Waals surface area contributed by atoms with E-state index in [4.69, 9.17) is 5.26 Å². The summed E-state index contributed by atoms with van der Waals surface area (Å²) in [6.45, 7) is 0. The van der Waals surface area contributed by atoms with Crippen molar-refractivity contribution in [3.05, 3.63) is 40.9 Å². The second-order valence-corrected chi connectivity index (χ2v) is 3.56. The molecule has 0 N–H and O–H groups in total. The van der Waals surface area contributed by atoms with Crippen LogP contribution >= 0.6 is 15.9 Å². The van der Waals surface area contributed by atoms with Crippen LogP contribution in [0.5, 0.6) is 0 Å². The molecule has 0 saturated carbocycles. The largest absolute Gasteiger partial charge is 0.259 e. The molecule has 15 heavy (non-hydrogen) atoms. The van der Waals surface area contributed by atoms with Crippen molar-refractivity contribution in [2.75, 3.05) is 0 Å². The van der Waals surface area contributed by atoms with Crippen LogP contribution in [0.1, 0.15) is 5.69 Å². The van der Waals surface area contributed by atoms with Gasteiger partial charge >= 0.3 is 0 Å². The summed E-state index contributed by atoms with van der Waals surface area (Å²) in [6.07, 6.45) is 3.00. The highest BCUT2D eigenvalue weighted by atomic mass is 79.9. The van der Waals surface area contributed by atoms with E-state index in [-0.39, 0.29) is 5.69 Å². The van der Waals surface area contributed by atoms with Crippen molar-refractivity contribution >= 4 is 15.9 Å². The van der Waals surface area contributed by atoms with Gasteiger partial charge in [-0.05, 0) is 28.1 Å². The van der Waals surface area contributed by atoms with Gasteiger partial charge in [-0.3, -0.25) is 4.98 Å². The smallest absolute Gasteiger partial charge is 0.159 e. The average Bonchev–Trinajstić information content (AvgIpc) is 2.29. The average molecular weight is 261 g/mol. The normalized spacial score (nSPS) is 9.60. The summed E-state index contributed by atoms with van der Waals surface area (Å²) in [5, 5.41) is 8.68. The number of halogens is 1. The highest BCUT2D eigenvalue weighted by Crippen LogP contribution is 2.16. The number of nitriles is 1. The lowest BCUT2D eigenvalue weighted by atomic mass is 10.3. The maximum atomic E-state index is 8.68. The second-order valence-electron chi connectivity index (χ2n) is 2.75. The van der Waals surface area contributed by atoms with E-state index in [9.17, 15) is 0 Å². The van der Waals surface area contributed by atoms with Crippen LogP contribution in [0.25, 0.3) is 11.4 Å². The Morgan fingerprint density at radius 1 is 1.13 bits per heavy atom. The molecule has 4 nitrogen and oxygen atoms in total. The summed E-state index contributed by atoms with van der Waals surface area (Å²) in [4.78, 5) is 12.2. The maximum Gasteiger partial charge on any atom is 0.159 e. The van der Waals surface area contributed by atoms with Crippen LogP contribution in [0.2, 0.25) is 0 Å². The van der Waals surface area contributed by atoms with Gasteiger partial charge in [0.15, 0.2) is 5.69 Å². The van der Waals surface area contributed by atoms with Gasteiger partial charge < -0.3 is 0 Å². The summed E-state index contributed by atoms with van der Waals surface area (Å²) in [5.41, 5.74) is 1.57. The van der Waals surface area contributed by atoms with Gasteiger partial charge in [0.2, 0.25) is 0 Å². The number of pyridine rings is 1. The van der Waals surface area contributed by atoms with Crippen molar-refractivity contribution in [1.29, 1.82) is 5.26 Å². The third-order valence-electron chi connectivity index (χ3n) is 1.73. The zero-order chi connectivity index (χ0) is 10.7. The molecule has 0 fully saturated rings. The predicted molar refractivity (Wildman–Crippen MR) is 57.7 cm³/mol. The highest BCUT2D eigenvalue weighted by Gasteiger charge is 2.03. The van der Waals surface area contributed by atoms with Crippen LogP contribution in [-0.2, 0) is 0 Å². The molecule has 0 unspecified atom stereocenters. The summed E-state index contributed by atoms with van der Waals surface area (Å²) in [5.74, 6) is 0. The molecule has 0 spiro atoms. The molecule has 0 amide bonds. The van der Waals surface area contributed by atoms with Gasteiger partial charge in [0, 0.05) is 0 Å². The van der Waals surface area contributed by atoms with E-state index in [1.807, 2.05) is 24.3 Å². The van der Waals surface area contributed by atoms with Gasteiger partial charge in [0.05, 0.1) is 18.1 Å². The van der Waals surface area contributed by atoms with E-state index in [1.54, 1.807) is 6.20 Å². The lowest BCUT2D eigenvalue weighted by Crippen LogP contribution is -1.91. The van der Waals surface area contributed by atoms with Crippen molar-refractivity contribution in [2.45, 2.75) is 0 Å². The molecule has 0 aliphatic rings. The first-order valence-electron chi connectivity index (χ1n) is 4.14. The minimum atomic E-state index is 0.286. The van der Waals surface area contributed by atoms with Crippen LogP contribution in [0.15, 0.2) is 35.2 Å². The molecule has 0 atom stereocenters. The molecular weight excluding hydrogens is 256 g/mol. The maximum absolute atomic E-state index is 8.68. The Bertz CT molecular complexity index is 533. The van der Waals surface area contributed by atoms with Gasteiger partial charge in [-0.1, -0.05) is 6.07 Å². The minimum Gasteiger partial charge on any atom is -0.259 e. The standard InChI is InChI=1S/C10H5BrN4/c11-10-3-1-2-8(15-10)9-6-13-5-7(4-12)14-9/h1-3,5-6H. The number of hydrogen-bond donors (Lipinski definition) is 0. The predicted octanol–water partition coefficient (Wildman–Crippen LogP) is 2.17. The molecular formula is C10H5BrN4. The molecule has 5 heteroatoms. The third kappa shape index (κ3) is 2.17. The van der Waals surface area contributed by atoms with Crippen LogP contribution in [0.3, 0.4) is 0 Å². The molecule has 72 valence electrons. The molecule has 2 heterocycles. The van der Waals surface area contributed by atoms with Gasteiger partial charge in [-0.25, -0.2) is 9.97 Å². The SMILES string of the molecule is N#Cc1cncc(-c2cccc(Br)n2)n1. The summed E-state index contributed by atoms with van der Waals surface area (Å²) < 4.78 is 0.726. The Morgan fingerprint density at radius 2 is 2.00 bits per heavy atom. The Labute approximate surface area is 94.8 Å². The summed E-state index contributed by atoms with van der Waals surface area (Å²) >= 11 is 3.27. The van der Waals surface area contributed by atoms with E-state index in [0.29, 0.717) is 11.4 Å². The van der Waals surface area contributed by atoms with Crippen LogP contribution in [0, 0.1) is 11.3 Å². The monoisotopic (exact) mass is 260 g/mol. The van der Waals surface area contributed by atoms with E-state index >= 15 is 0 Å².